The summed E-state index contributed by atoms with van der Waals surface area (Å²) in [5, 5.41) is 17.9. The molecule has 0 spiro atoms. The second-order valence-corrected chi connectivity index (χ2v) is 3.28. The van der Waals surface area contributed by atoms with Gasteiger partial charge in [0.25, 0.3) is 0 Å². The van der Waals surface area contributed by atoms with Gasteiger partial charge in [-0.15, -0.1) is 0 Å². The normalized spacial score (nSPS) is 11.9. The van der Waals surface area contributed by atoms with Crippen LogP contribution in [0, 0.1) is 6.57 Å². The first-order valence-corrected chi connectivity index (χ1v) is 4.64. The number of aliphatic hydroxyl groups is 2. The van der Waals surface area contributed by atoms with E-state index in [1.54, 1.807) is 12.1 Å². The topological polar surface area (TPSA) is 54.0 Å². The van der Waals surface area contributed by atoms with Gasteiger partial charge in [-0.3, -0.25) is 0 Å². The van der Waals surface area contributed by atoms with E-state index in [1.807, 2.05) is 0 Å². The molecule has 0 amide bonds. The standard InChI is InChI=1S/C10H10ClNO3/c1-12-7-2-3-10(9(11)4-7)15-6-8(14)5-13/h2-4,8,13-14H,5-6H2. The summed E-state index contributed by atoms with van der Waals surface area (Å²) in [4.78, 5) is 3.20. The maximum absolute atomic E-state index is 9.04. The summed E-state index contributed by atoms with van der Waals surface area (Å²) in [6.07, 6.45) is -0.929. The molecule has 1 aromatic carbocycles. The molecular formula is C10H10ClNO3. The van der Waals surface area contributed by atoms with Crippen LogP contribution in [0.4, 0.5) is 5.69 Å². The van der Waals surface area contributed by atoms with Crippen molar-refractivity contribution in [2.75, 3.05) is 13.2 Å². The van der Waals surface area contributed by atoms with Crippen molar-refractivity contribution >= 4 is 17.3 Å². The lowest BCUT2D eigenvalue weighted by Crippen LogP contribution is -2.21. The Balaban J connectivity index is 2.67. The van der Waals surface area contributed by atoms with Crippen molar-refractivity contribution in [3.05, 3.63) is 34.6 Å². The summed E-state index contributed by atoms with van der Waals surface area (Å²) >= 11 is 5.82. The van der Waals surface area contributed by atoms with Crippen LogP contribution in [0.25, 0.3) is 4.85 Å². The largest absolute Gasteiger partial charge is 0.489 e. The molecule has 1 atom stereocenters. The van der Waals surface area contributed by atoms with Crippen LogP contribution in [-0.2, 0) is 0 Å². The number of hydrogen-bond donors (Lipinski definition) is 2. The van der Waals surface area contributed by atoms with Gasteiger partial charge in [-0.25, -0.2) is 4.85 Å². The second-order valence-electron chi connectivity index (χ2n) is 2.87. The van der Waals surface area contributed by atoms with Gasteiger partial charge in [-0.2, -0.15) is 0 Å². The fourth-order valence-corrected chi connectivity index (χ4v) is 1.14. The predicted octanol–water partition coefficient (Wildman–Crippen LogP) is 1.62. The van der Waals surface area contributed by atoms with Gasteiger partial charge in [-0.05, 0) is 12.1 Å². The van der Waals surface area contributed by atoms with E-state index in [4.69, 9.17) is 33.1 Å². The molecule has 0 aliphatic heterocycles. The number of halogens is 1. The smallest absolute Gasteiger partial charge is 0.188 e. The Morgan fingerprint density at radius 1 is 1.53 bits per heavy atom. The minimum atomic E-state index is -0.929. The van der Waals surface area contributed by atoms with Crippen LogP contribution < -0.4 is 4.74 Å². The maximum Gasteiger partial charge on any atom is 0.188 e. The van der Waals surface area contributed by atoms with Gasteiger partial charge in [-0.1, -0.05) is 17.7 Å². The van der Waals surface area contributed by atoms with Gasteiger partial charge in [0.05, 0.1) is 18.2 Å². The van der Waals surface area contributed by atoms with E-state index in [-0.39, 0.29) is 13.2 Å². The molecule has 0 heterocycles. The number of benzene rings is 1. The first-order valence-electron chi connectivity index (χ1n) is 4.26. The van der Waals surface area contributed by atoms with Crippen molar-refractivity contribution in [3.63, 3.8) is 0 Å². The zero-order valence-electron chi connectivity index (χ0n) is 7.85. The molecule has 2 N–H and O–H groups in total. The van der Waals surface area contributed by atoms with E-state index < -0.39 is 6.10 Å². The molecule has 15 heavy (non-hydrogen) atoms. The summed E-state index contributed by atoms with van der Waals surface area (Å²) in [5.74, 6) is 0.386. The molecule has 4 nitrogen and oxygen atoms in total. The van der Waals surface area contributed by atoms with Gasteiger partial charge < -0.3 is 14.9 Å². The average Bonchev–Trinajstić information content (AvgIpc) is 2.26. The molecule has 0 fully saturated rings. The van der Waals surface area contributed by atoms with Crippen LogP contribution in [0.1, 0.15) is 0 Å². The summed E-state index contributed by atoms with van der Waals surface area (Å²) in [6, 6.07) is 4.61. The Morgan fingerprint density at radius 2 is 2.27 bits per heavy atom. The fraction of sp³-hybridized carbons (Fsp3) is 0.300. The molecular weight excluding hydrogens is 218 g/mol. The molecule has 0 bridgehead atoms. The molecule has 0 saturated heterocycles. The number of ether oxygens (including phenoxy) is 1. The Bertz CT molecular complexity index is 375. The molecule has 0 aliphatic carbocycles. The molecule has 1 unspecified atom stereocenters. The maximum atomic E-state index is 9.04. The quantitative estimate of drug-likeness (QED) is 0.769. The van der Waals surface area contributed by atoms with Gasteiger partial charge in [0.2, 0.25) is 0 Å². The van der Waals surface area contributed by atoms with Crippen LogP contribution in [0.15, 0.2) is 18.2 Å². The molecule has 0 aromatic heterocycles. The minimum absolute atomic E-state index is 0.0341. The molecule has 1 aromatic rings. The van der Waals surface area contributed by atoms with Crippen LogP contribution in [0.3, 0.4) is 0 Å². The summed E-state index contributed by atoms with van der Waals surface area (Å²) in [7, 11) is 0. The highest BCUT2D eigenvalue weighted by molar-refractivity contribution is 6.32. The Morgan fingerprint density at radius 3 is 2.80 bits per heavy atom. The highest BCUT2D eigenvalue weighted by atomic mass is 35.5. The highest BCUT2D eigenvalue weighted by Gasteiger charge is 2.06. The van der Waals surface area contributed by atoms with E-state index in [2.05, 4.69) is 4.85 Å². The summed E-state index contributed by atoms with van der Waals surface area (Å²) in [6.45, 7) is 6.37. The number of rotatable bonds is 4. The Hall–Kier alpha value is -1.28. The highest BCUT2D eigenvalue weighted by Crippen LogP contribution is 2.28. The van der Waals surface area contributed by atoms with E-state index in [1.165, 1.54) is 6.07 Å². The third kappa shape index (κ3) is 3.40. The first-order chi connectivity index (χ1) is 7.17. The number of hydrogen-bond acceptors (Lipinski definition) is 3. The predicted molar refractivity (Wildman–Crippen MR) is 56.3 cm³/mol. The van der Waals surface area contributed by atoms with Crippen molar-refractivity contribution < 1.29 is 14.9 Å². The zero-order valence-corrected chi connectivity index (χ0v) is 8.61. The van der Waals surface area contributed by atoms with Crippen LogP contribution in [0.5, 0.6) is 5.75 Å². The summed E-state index contributed by atoms with van der Waals surface area (Å²) < 4.78 is 5.14. The number of nitrogens with zero attached hydrogens (tertiary/aromatic N) is 1. The van der Waals surface area contributed by atoms with E-state index in [0.29, 0.717) is 16.5 Å². The molecule has 0 radical (unpaired) electrons. The lowest BCUT2D eigenvalue weighted by Gasteiger charge is -2.10. The summed E-state index contributed by atoms with van der Waals surface area (Å²) in [5.41, 5.74) is 0.426. The minimum Gasteiger partial charge on any atom is -0.489 e. The van der Waals surface area contributed by atoms with E-state index >= 15 is 0 Å². The van der Waals surface area contributed by atoms with Crippen LogP contribution in [-0.4, -0.2) is 29.5 Å². The lowest BCUT2D eigenvalue weighted by atomic mass is 10.3. The van der Waals surface area contributed by atoms with Gasteiger partial charge in [0, 0.05) is 0 Å². The van der Waals surface area contributed by atoms with Crippen molar-refractivity contribution in [1.29, 1.82) is 0 Å². The SMILES string of the molecule is [C-]#[N+]c1ccc(OCC(O)CO)c(Cl)c1. The fourth-order valence-electron chi connectivity index (χ4n) is 0.915. The van der Waals surface area contributed by atoms with E-state index in [9.17, 15) is 0 Å². The second kappa shape index (κ2) is 5.56. The van der Waals surface area contributed by atoms with Crippen molar-refractivity contribution in [3.8, 4) is 5.75 Å². The molecule has 0 aliphatic rings. The Labute approximate surface area is 92.5 Å². The van der Waals surface area contributed by atoms with Gasteiger partial charge in [0.15, 0.2) is 5.69 Å². The number of aliphatic hydroxyl groups excluding tert-OH is 2. The van der Waals surface area contributed by atoms with Crippen molar-refractivity contribution in [2.45, 2.75) is 6.10 Å². The van der Waals surface area contributed by atoms with Crippen LogP contribution in [0.2, 0.25) is 5.02 Å². The van der Waals surface area contributed by atoms with Gasteiger partial charge in [0.1, 0.15) is 18.5 Å². The van der Waals surface area contributed by atoms with Gasteiger partial charge >= 0.3 is 0 Å². The monoisotopic (exact) mass is 227 g/mol. The third-order valence-electron chi connectivity index (χ3n) is 1.69. The Kier molecular flexibility index (Phi) is 4.37. The molecule has 80 valence electrons. The van der Waals surface area contributed by atoms with Crippen LogP contribution >= 0.6 is 11.6 Å². The average molecular weight is 228 g/mol. The zero-order chi connectivity index (χ0) is 11.3. The third-order valence-corrected chi connectivity index (χ3v) is 1.98. The van der Waals surface area contributed by atoms with Crippen molar-refractivity contribution in [2.24, 2.45) is 0 Å². The first kappa shape index (κ1) is 11.8. The lowest BCUT2D eigenvalue weighted by molar-refractivity contribution is 0.0536. The molecule has 1 rings (SSSR count). The molecule has 0 saturated carbocycles. The van der Waals surface area contributed by atoms with E-state index in [0.717, 1.165) is 0 Å². The van der Waals surface area contributed by atoms with Crippen molar-refractivity contribution in [1.82, 2.24) is 0 Å². The molecule has 5 heteroatoms.